The average Bonchev–Trinajstić information content (AvgIpc) is 3.22. The molecule has 0 spiro atoms. The fourth-order valence-electron chi connectivity index (χ4n) is 2.87. The summed E-state index contributed by atoms with van der Waals surface area (Å²) in [4.78, 5) is 30.8. The van der Waals surface area contributed by atoms with Crippen LogP contribution in [0.4, 0.5) is 5.69 Å². The smallest absolute Gasteiger partial charge is 0.232 e. The fourth-order valence-corrected chi connectivity index (χ4v) is 3.12. The molecule has 1 aromatic carbocycles. The number of hydrogen-bond acceptors (Lipinski definition) is 5. The molecule has 1 atom stereocenters. The Morgan fingerprint density at radius 3 is 2.78 bits per heavy atom. The topological polar surface area (TPSA) is 88.3 Å². The highest BCUT2D eigenvalue weighted by molar-refractivity contribution is 9.10. The van der Waals surface area contributed by atoms with Gasteiger partial charge in [-0.3, -0.25) is 9.59 Å². The Bertz CT molecular complexity index is 872. The van der Waals surface area contributed by atoms with Crippen molar-refractivity contribution in [3.8, 4) is 0 Å². The van der Waals surface area contributed by atoms with Gasteiger partial charge in [0.15, 0.2) is 5.82 Å². The third kappa shape index (κ3) is 4.37. The molecule has 1 aliphatic heterocycles. The minimum atomic E-state index is -0.393. The Morgan fingerprint density at radius 1 is 1.41 bits per heavy atom. The number of nitrogens with zero attached hydrogens (tertiary/aromatic N) is 3. The molecule has 1 unspecified atom stereocenters. The van der Waals surface area contributed by atoms with Crippen LogP contribution >= 0.6 is 15.9 Å². The van der Waals surface area contributed by atoms with E-state index in [0.717, 1.165) is 15.7 Å². The average molecular weight is 435 g/mol. The molecule has 27 heavy (non-hydrogen) atoms. The summed E-state index contributed by atoms with van der Waals surface area (Å²) in [5.74, 6) is 0.334. The summed E-state index contributed by atoms with van der Waals surface area (Å²) in [6.45, 7) is 8.45. The van der Waals surface area contributed by atoms with Crippen LogP contribution in [0.25, 0.3) is 0 Å². The molecule has 144 valence electrons. The number of nitrogens with one attached hydrogen (secondary N) is 1. The molecule has 0 radical (unpaired) electrons. The van der Waals surface area contributed by atoms with Crippen molar-refractivity contribution in [1.29, 1.82) is 0 Å². The highest BCUT2D eigenvalue weighted by Gasteiger charge is 2.35. The van der Waals surface area contributed by atoms with Gasteiger partial charge in [0.25, 0.3) is 0 Å². The fraction of sp³-hybridized carbons (Fsp3) is 0.474. The summed E-state index contributed by atoms with van der Waals surface area (Å²) in [5.41, 5.74) is 1.61. The minimum Gasteiger partial charge on any atom is -0.348 e. The molecule has 1 saturated heterocycles. The van der Waals surface area contributed by atoms with E-state index in [1.165, 1.54) is 0 Å². The molecule has 7 nitrogen and oxygen atoms in total. The highest BCUT2D eigenvalue weighted by atomic mass is 79.9. The molecule has 0 saturated carbocycles. The van der Waals surface area contributed by atoms with Gasteiger partial charge >= 0.3 is 0 Å². The van der Waals surface area contributed by atoms with Crippen LogP contribution < -0.4 is 10.2 Å². The van der Waals surface area contributed by atoms with Crippen LogP contribution in [0.5, 0.6) is 0 Å². The van der Waals surface area contributed by atoms with E-state index in [0.29, 0.717) is 18.3 Å². The van der Waals surface area contributed by atoms with E-state index < -0.39 is 5.92 Å². The number of carbonyl (C=O) groups excluding carboxylic acids is 2. The lowest BCUT2D eigenvalue weighted by atomic mass is 9.97. The van der Waals surface area contributed by atoms with Gasteiger partial charge in [-0.2, -0.15) is 4.98 Å². The van der Waals surface area contributed by atoms with E-state index in [-0.39, 0.29) is 30.2 Å². The van der Waals surface area contributed by atoms with Crippen LogP contribution in [-0.4, -0.2) is 28.5 Å². The second kappa shape index (κ2) is 7.42. The van der Waals surface area contributed by atoms with E-state index in [9.17, 15) is 9.59 Å². The number of anilines is 1. The SMILES string of the molecule is Cc1cc(N2CC(C(=O)NCc3noc(C(C)(C)C)n3)CC2=O)ccc1Br. The van der Waals surface area contributed by atoms with Crippen LogP contribution in [0, 0.1) is 12.8 Å². The molecule has 2 amide bonds. The van der Waals surface area contributed by atoms with E-state index >= 15 is 0 Å². The zero-order valence-corrected chi connectivity index (χ0v) is 17.5. The van der Waals surface area contributed by atoms with Gasteiger partial charge in [-0.1, -0.05) is 41.9 Å². The monoisotopic (exact) mass is 434 g/mol. The zero-order valence-electron chi connectivity index (χ0n) is 15.9. The molecular formula is C19H23BrN4O3. The summed E-state index contributed by atoms with van der Waals surface area (Å²) in [6.07, 6.45) is 0.195. The van der Waals surface area contributed by atoms with Crippen molar-refractivity contribution >= 4 is 33.4 Å². The summed E-state index contributed by atoms with van der Waals surface area (Å²) in [6, 6.07) is 5.73. The van der Waals surface area contributed by atoms with E-state index in [2.05, 4.69) is 31.4 Å². The number of rotatable bonds is 4. The predicted molar refractivity (Wildman–Crippen MR) is 104 cm³/mol. The molecule has 1 fully saturated rings. The predicted octanol–water partition coefficient (Wildman–Crippen LogP) is 3.11. The first-order chi connectivity index (χ1) is 12.6. The molecule has 2 heterocycles. The van der Waals surface area contributed by atoms with E-state index in [1.54, 1.807) is 4.90 Å². The lowest BCUT2D eigenvalue weighted by Crippen LogP contribution is -2.33. The summed E-state index contributed by atoms with van der Waals surface area (Å²) in [7, 11) is 0. The van der Waals surface area contributed by atoms with Gasteiger partial charge in [0, 0.05) is 28.5 Å². The van der Waals surface area contributed by atoms with Gasteiger partial charge in [0.05, 0.1) is 12.5 Å². The largest absolute Gasteiger partial charge is 0.348 e. The first-order valence-electron chi connectivity index (χ1n) is 8.82. The Labute approximate surface area is 166 Å². The Hall–Kier alpha value is -2.22. The van der Waals surface area contributed by atoms with Crippen LogP contribution in [0.1, 0.15) is 44.5 Å². The van der Waals surface area contributed by atoms with Crippen molar-refractivity contribution in [2.75, 3.05) is 11.4 Å². The molecule has 2 aromatic rings. The molecule has 0 aliphatic carbocycles. The molecule has 1 aromatic heterocycles. The van der Waals surface area contributed by atoms with Crippen molar-refractivity contribution in [1.82, 2.24) is 15.5 Å². The van der Waals surface area contributed by atoms with Crippen molar-refractivity contribution in [3.05, 3.63) is 40.0 Å². The number of aromatic nitrogens is 2. The Balaban J connectivity index is 1.60. The summed E-state index contributed by atoms with van der Waals surface area (Å²) >= 11 is 3.46. The summed E-state index contributed by atoms with van der Waals surface area (Å²) in [5, 5.41) is 6.70. The van der Waals surface area contributed by atoms with Gasteiger partial charge in [0.2, 0.25) is 17.7 Å². The van der Waals surface area contributed by atoms with E-state index in [1.807, 2.05) is 45.9 Å². The van der Waals surface area contributed by atoms with Gasteiger partial charge in [0.1, 0.15) is 0 Å². The maximum absolute atomic E-state index is 12.5. The van der Waals surface area contributed by atoms with Crippen LogP contribution in [0.3, 0.4) is 0 Å². The third-order valence-electron chi connectivity index (χ3n) is 4.48. The second-order valence-electron chi connectivity index (χ2n) is 7.82. The van der Waals surface area contributed by atoms with E-state index in [4.69, 9.17) is 4.52 Å². The minimum absolute atomic E-state index is 0.0496. The number of amides is 2. The normalized spacial score (nSPS) is 17.4. The number of hydrogen-bond donors (Lipinski definition) is 1. The first kappa shape index (κ1) is 19.5. The van der Waals surface area contributed by atoms with Gasteiger partial charge in [-0.15, -0.1) is 0 Å². The molecule has 3 rings (SSSR count). The maximum Gasteiger partial charge on any atom is 0.232 e. The summed E-state index contributed by atoms with van der Waals surface area (Å²) < 4.78 is 6.21. The lowest BCUT2D eigenvalue weighted by Gasteiger charge is -2.17. The second-order valence-corrected chi connectivity index (χ2v) is 8.68. The number of carbonyl (C=O) groups is 2. The number of halogens is 1. The molecule has 1 aliphatic rings. The number of benzene rings is 1. The Morgan fingerprint density at radius 2 is 2.15 bits per heavy atom. The molecular weight excluding hydrogens is 412 g/mol. The van der Waals surface area contributed by atoms with Gasteiger partial charge in [-0.25, -0.2) is 0 Å². The van der Waals surface area contributed by atoms with Gasteiger partial charge < -0.3 is 14.7 Å². The van der Waals surface area contributed by atoms with Gasteiger partial charge in [-0.05, 0) is 30.7 Å². The quantitative estimate of drug-likeness (QED) is 0.798. The van der Waals surface area contributed by atoms with Crippen molar-refractivity contribution < 1.29 is 14.1 Å². The molecule has 1 N–H and O–H groups in total. The zero-order chi connectivity index (χ0) is 19.8. The third-order valence-corrected chi connectivity index (χ3v) is 5.37. The number of aryl methyl sites for hydroxylation is 1. The maximum atomic E-state index is 12.5. The van der Waals surface area contributed by atoms with Crippen LogP contribution in [0.15, 0.2) is 27.2 Å². The Kier molecular flexibility index (Phi) is 5.37. The van der Waals surface area contributed by atoms with Crippen LogP contribution in [-0.2, 0) is 21.5 Å². The standard InChI is InChI=1S/C19H23BrN4O3/c1-11-7-13(5-6-14(11)20)24-10-12(8-16(24)25)17(26)21-9-15-22-18(27-23-15)19(2,3)4/h5-7,12H,8-10H2,1-4H3,(H,21,26). The molecule has 8 heteroatoms. The molecule has 0 bridgehead atoms. The highest BCUT2D eigenvalue weighted by Crippen LogP contribution is 2.28. The van der Waals surface area contributed by atoms with Crippen LogP contribution in [0.2, 0.25) is 0 Å². The van der Waals surface area contributed by atoms with Crippen molar-refractivity contribution in [2.24, 2.45) is 5.92 Å². The van der Waals surface area contributed by atoms with Crippen molar-refractivity contribution in [3.63, 3.8) is 0 Å². The van der Waals surface area contributed by atoms with Crippen molar-refractivity contribution in [2.45, 2.75) is 46.1 Å². The lowest BCUT2D eigenvalue weighted by molar-refractivity contribution is -0.126. The first-order valence-corrected chi connectivity index (χ1v) is 9.62.